The Morgan fingerprint density at radius 3 is 2.67 bits per heavy atom. The van der Waals surface area contributed by atoms with Crippen LogP contribution in [0.25, 0.3) is 0 Å². The molecule has 18 heavy (non-hydrogen) atoms. The van der Waals surface area contributed by atoms with Crippen molar-refractivity contribution in [1.82, 2.24) is 5.32 Å². The van der Waals surface area contributed by atoms with E-state index in [4.69, 9.17) is 4.74 Å². The van der Waals surface area contributed by atoms with Gasteiger partial charge in [0.2, 0.25) is 5.91 Å². The molecule has 0 atom stereocenters. The third kappa shape index (κ3) is 4.37. The van der Waals surface area contributed by atoms with Crippen LogP contribution in [0.3, 0.4) is 0 Å². The molecule has 0 aromatic heterocycles. The number of methoxy groups -OCH3 is 2. The lowest BCUT2D eigenvalue weighted by molar-refractivity contribution is -0.143. The summed E-state index contributed by atoms with van der Waals surface area (Å²) in [5, 5.41) is 2.63. The first kappa shape index (κ1) is 14.5. The molecule has 0 aliphatic carbocycles. The third-order valence-electron chi connectivity index (χ3n) is 2.25. The number of nitrogens with one attached hydrogen (secondary N) is 1. The molecule has 1 aromatic carbocycles. The first-order chi connectivity index (χ1) is 8.56. The van der Waals surface area contributed by atoms with Crippen LogP contribution in [0.2, 0.25) is 0 Å². The standard InChI is InChI=1S/C12H14BrNO4/c1-17-10-4-3-9(13)5-8(10)7-14-11(15)6-12(16)18-2/h3-5H,6-7H2,1-2H3,(H,14,15). The van der Waals surface area contributed by atoms with E-state index in [9.17, 15) is 9.59 Å². The molecule has 0 fully saturated rings. The van der Waals surface area contributed by atoms with Crippen molar-refractivity contribution in [3.05, 3.63) is 28.2 Å². The van der Waals surface area contributed by atoms with Crippen LogP contribution in [0.4, 0.5) is 0 Å². The predicted octanol–water partition coefficient (Wildman–Crippen LogP) is 1.64. The van der Waals surface area contributed by atoms with Gasteiger partial charge in [-0.15, -0.1) is 0 Å². The van der Waals surface area contributed by atoms with Crippen LogP contribution in [0.15, 0.2) is 22.7 Å². The van der Waals surface area contributed by atoms with Gasteiger partial charge in [0.15, 0.2) is 0 Å². The van der Waals surface area contributed by atoms with E-state index in [0.717, 1.165) is 10.0 Å². The number of halogens is 1. The van der Waals surface area contributed by atoms with E-state index in [-0.39, 0.29) is 12.3 Å². The molecule has 5 nitrogen and oxygen atoms in total. The maximum absolute atomic E-state index is 11.4. The Balaban J connectivity index is 2.60. The molecule has 0 spiro atoms. The topological polar surface area (TPSA) is 64.6 Å². The Morgan fingerprint density at radius 1 is 1.33 bits per heavy atom. The second kappa shape index (κ2) is 7.00. The lowest BCUT2D eigenvalue weighted by Crippen LogP contribution is -2.25. The minimum absolute atomic E-state index is 0.285. The van der Waals surface area contributed by atoms with Gasteiger partial charge in [0.05, 0.1) is 14.2 Å². The fourth-order valence-corrected chi connectivity index (χ4v) is 1.75. The molecule has 0 radical (unpaired) electrons. The number of esters is 1. The molecule has 6 heteroatoms. The Bertz CT molecular complexity index is 448. The molecular formula is C12H14BrNO4. The first-order valence-electron chi connectivity index (χ1n) is 5.22. The number of carbonyl (C=O) groups is 2. The fraction of sp³-hybridized carbons (Fsp3) is 0.333. The van der Waals surface area contributed by atoms with E-state index in [1.54, 1.807) is 13.2 Å². The average Bonchev–Trinajstić information content (AvgIpc) is 2.36. The van der Waals surface area contributed by atoms with Crippen molar-refractivity contribution >= 4 is 27.8 Å². The molecule has 1 rings (SSSR count). The summed E-state index contributed by atoms with van der Waals surface area (Å²) in [7, 11) is 2.80. The maximum atomic E-state index is 11.4. The molecule has 0 saturated heterocycles. The highest BCUT2D eigenvalue weighted by Crippen LogP contribution is 2.22. The van der Waals surface area contributed by atoms with Gasteiger partial charge in [-0.2, -0.15) is 0 Å². The van der Waals surface area contributed by atoms with Crippen molar-refractivity contribution in [1.29, 1.82) is 0 Å². The quantitative estimate of drug-likeness (QED) is 0.662. The molecule has 0 aliphatic rings. The summed E-state index contributed by atoms with van der Waals surface area (Å²) in [6.07, 6.45) is -0.285. The first-order valence-corrected chi connectivity index (χ1v) is 6.02. The molecule has 0 aliphatic heterocycles. The van der Waals surface area contributed by atoms with Gasteiger partial charge >= 0.3 is 5.97 Å². The highest BCUT2D eigenvalue weighted by molar-refractivity contribution is 9.10. The molecule has 1 N–H and O–H groups in total. The second-order valence-corrected chi connectivity index (χ2v) is 4.40. The van der Waals surface area contributed by atoms with Crippen LogP contribution in [0.5, 0.6) is 5.75 Å². The highest BCUT2D eigenvalue weighted by Gasteiger charge is 2.10. The summed E-state index contributed by atoms with van der Waals surface area (Å²) in [6, 6.07) is 5.49. The van der Waals surface area contributed by atoms with Crippen LogP contribution in [0.1, 0.15) is 12.0 Å². The van der Waals surface area contributed by atoms with E-state index >= 15 is 0 Å². The summed E-state index contributed by atoms with van der Waals surface area (Å²) in [5.74, 6) is -0.269. The number of amides is 1. The summed E-state index contributed by atoms with van der Waals surface area (Å²) in [6.45, 7) is 0.290. The average molecular weight is 316 g/mol. The van der Waals surface area contributed by atoms with E-state index in [2.05, 4.69) is 26.0 Å². The van der Waals surface area contributed by atoms with E-state index in [1.165, 1.54) is 7.11 Å². The molecule has 0 bridgehead atoms. The number of benzene rings is 1. The number of carbonyl (C=O) groups excluding carboxylic acids is 2. The highest BCUT2D eigenvalue weighted by atomic mass is 79.9. The van der Waals surface area contributed by atoms with Crippen molar-refractivity contribution in [2.75, 3.05) is 14.2 Å². The van der Waals surface area contributed by atoms with E-state index < -0.39 is 5.97 Å². The van der Waals surface area contributed by atoms with E-state index in [1.807, 2.05) is 12.1 Å². The van der Waals surface area contributed by atoms with Crippen LogP contribution in [0, 0.1) is 0 Å². The van der Waals surface area contributed by atoms with Crippen molar-refractivity contribution in [2.45, 2.75) is 13.0 Å². The third-order valence-corrected chi connectivity index (χ3v) is 2.74. The second-order valence-electron chi connectivity index (χ2n) is 3.49. The Morgan fingerprint density at radius 2 is 2.06 bits per heavy atom. The molecule has 0 unspecified atom stereocenters. The summed E-state index contributed by atoms with van der Waals surface area (Å²) in [5.41, 5.74) is 0.824. The van der Waals surface area contributed by atoms with Gasteiger partial charge < -0.3 is 14.8 Å². The normalized spacial score (nSPS) is 9.72. The maximum Gasteiger partial charge on any atom is 0.315 e. The minimum Gasteiger partial charge on any atom is -0.496 e. The number of ether oxygens (including phenoxy) is 2. The number of hydrogen-bond acceptors (Lipinski definition) is 4. The molecule has 1 aromatic rings. The van der Waals surface area contributed by atoms with Gasteiger partial charge in [-0.25, -0.2) is 0 Å². The van der Waals surface area contributed by atoms with Crippen LogP contribution < -0.4 is 10.1 Å². The lowest BCUT2D eigenvalue weighted by Gasteiger charge is -2.10. The van der Waals surface area contributed by atoms with Gasteiger partial charge in [-0.05, 0) is 18.2 Å². The van der Waals surface area contributed by atoms with Gasteiger partial charge in [0.1, 0.15) is 12.2 Å². The molecule has 0 heterocycles. The molecule has 0 saturated carbocycles. The molecular weight excluding hydrogens is 302 g/mol. The minimum atomic E-state index is -0.561. The predicted molar refractivity (Wildman–Crippen MR) is 69.2 cm³/mol. The van der Waals surface area contributed by atoms with Crippen molar-refractivity contribution in [2.24, 2.45) is 0 Å². The number of hydrogen-bond donors (Lipinski definition) is 1. The van der Waals surface area contributed by atoms with Gasteiger partial charge in [-0.3, -0.25) is 9.59 Å². The lowest BCUT2D eigenvalue weighted by atomic mass is 10.2. The van der Waals surface area contributed by atoms with Crippen molar-refractivity contribution < 1.29 is 19.1 Å². The van der Waals surface area contributed by atoms with Crippen molar-refractivity contribution in [3.63, 3.8) is 0 Å². The van der Waals surface area contributed by atoms with Gasteiger partial charge in [0, 0.05) is 16.6 Å². The van der Waals surface area contributed by atoms with Gasteiger partial charge in [-0.1, -0.05) is 15.9 Å². The Hall–Kier alpha value is -1.56. The number of rotatable bonds is 5. The smallest absolute Gasteiger partial charge is 0.315 e. The SMILES string of the molecule is COC(=O)CC(=O)NCc1cc(Br)ccc1OC. The zero-order valence-corrected chi connectivity index (χ0v) is 11.7. The van der Waals surface area contributed by atoms with Crippen molar-refractivity contribution in [3.8, 4) is 5.75 Å². The summed E-state index contributed by atoms with van der Waals surface area (Å²) >= 11 is 3.34. The Kier molecular flexibility index (Phi) is 5.64. The van der Waals surface area contributed by atoms with E-state index in [0.29, 0.717) is 12.3 Å². The summed E-state index contributed by atoms with van der Waals surface area (Å²) in [4.78, 5) is 22.3. The fourth-order valence-electron chi connectivity index (χ4n) is 1.34. The monoisotopic (exact) mass is 315 g/mol. The molecule has 98 valence electrons. The van der Waals surface area contributed by atoms with Crippen LogP contribution in [-0.4, -0.2) is 26.1 Å². The zero-order chi connectivity index (χ0) is 13.5. The van der Waals surface area contributed by atoms with Crippen LogP contribution in [-0.2, 0) is 20.9 Å². The Labute approximate surface area is 114 Å². The van der Waals surface area contributed by atoms with Crippen LogP contribution >= 0.6 is 15.9 Å². The zero-order valence-electron chi connectivity index (χ0n) is 10.2. The molecule has 1 amide bonds. The largest absolute Gasteiger partial charge is 0.496 e. The van der Waals surface area contributed by atoms with Gasteiger partial charge in [0.25, 0.3) is 0 Å². The summed E-state index contributed by atoms with van der Waals surface area (Å²) < 4.78 is 10.5.